The van der Waals surface area contributed by atoms with E-state index in [-0.39, 0.29) is 12.5 Å². The van der Waals surface area contributed by atoms with Gasteiger partial charge in [0.1, 0.15) is 0 Å². The molecule has 0 radical (unpaired) electrons. The number of carbonyl (C=O) groups is 1. The Kier molecular flexibility index (Phi) is 4.53. The number of aliphatic hydroxyl groups excluding tert-OH is 1. The van der Waals surface area contributed by atoms with Crippen LogP contribution >= 0.6 is 0 Å². The van der Waals surface area contributed by atoms with Crippen molar-refractivity contribution < 1.29 is 9.90 Å². The van der Waals surface area contributed by atoms with Crippen LogP contribution in [0.5, 0.6) is 0 Å². The highest BCUT2D eigenvalue weighted by Crippen LogP contribution is 2.22. The number of rotatable bonds is 4. The van der Waals surface area contributed by atoms with Crippen molar-refractivity contribution >= 4 is 11.6 Å². The maximum Gasteiger partial charge on any atom is 0.229 e. The van der Waals surface area contributed by atoms with E-state index in [1.807, 2.05) is 24.3 Å². The molecule has 0 saturated carbocycles. The van der Waals surface area contributed by atoms with Gasteiger partial charge in [-0.2, -0.15) is 0 Å². The Labute approximate surface area is 119 Å². The monoisotopic (exact) mass is 269 g/mol. The van der Waals surface area contributed by atoms with Crippen LogP contribution in [0, 0.1) is 12.8 Å². The van der Waals surface area contributed by atoms with Gasteiger partial charge in [-0.05, 0) is 30.2 Å². The lowest BCUT2D eigenvalue weighted by molar-refractivity contribution is -0.120. The van der Waals surface area contributed by atoms with Crippen molar-refractivity contribution in [1.29, 1.82) is 0 Å². The van der Waals surface area contributed by atoms with E-state index in [0.29, 0.717) is 0 Å². The molecule has 0 fully saturated rings. The summed E-state index contributed by atoms with van der Waals surface area (Å²) >= 11 is 0. The lowest BCUT2D eigenvalue weighted by Gasteiger charge is -2.10. The van der Waals surface area contributed by atoms with Crippen LogP contribution in [0.4, 0.5) is 5.69 Å². The summed E-state index contributed by atoms with van der Waals surface area (Å²) in [5.41, 5.74) is 4.23. The Morgan fingerprint density at radius 2 is 1.55 bits per heavy atom. The molecule has 0 spiro atoms. The molecule has 3 heteroatoms. The van der Waals surface area contributed by atoms with Gasteiger partial charge < -0.3 is 10.4 Å². The van der Waals surface area contributed by atoms with Gasteiger partial charge >= 0.3 is 0 Å². The normalized spacial score (nSPS) is 11.9. The van der Waals surface area contributed by atoms with Gasteiger partial charge in [-0.3, -0.25) is 4.79 Å². The Morgan fingerprint density at radius 1 is 1.05 bits per heavy atom. The summed E-state index contributed by atoms with van der Waals surface area (Å²) < 4.78 is 0. The van der Waals surface area contributed by atoms with E-state index < -0.39 is 5.92 Å². The zero-order valence-electron chi connectivity index (χ0n) is 11.8. The Balaban J connectivity index is 2.10. The maximum absolute atomic E-state index is 11.7. The number of anilines is 1. The number of amides is 1. The maximum atomic E-state index is 11.7. The SMILES string of the molecule is Cc1ccc(-c2ccc(NC(=O)[C@@H](C)CO)cc2)cc1. The molecule has 20 heavy (non-hydrogen) atoms. The molecule has 0 aliphatic heterocycles. The van der Waals surface area contributed by atoms with Crippen molar-refractivity contribution in [3.63, 3.8) is 0 Å². The zero-order chi connectivity index (χ0) is 14.5. The highest BCUT2D eigenvalue weighted by Gasteiger charge is 2.11. The summed E-state index contributed by atoms with van der Waals surface area (Å²) in [5.74, 6) is -0.567. The van der Waals surface area contributed by atoms with Crippen LogP contribution in [-0.4, -0.2) is 17.6 Å². The van der Waals surface area contributed by atoms with Crippen LogP contribution in [0.15, 0.2) is 48.5 Å². The third-order valence-corrected chi connectivity index (χ3v) is 3.26. The largest absolute Gasteiger partial charge is 0.396 e. The molecular weight excluding hydrogens is 250 g/mol. The lowest BCUT2D eigenvalue weighted by Crippen LogP contribution is -2.22. The summed E-state index contributed by atoms with van der Waals surface area (Å²) in [6.45, 7) is 3.61. The quantitative estimate of drug-likeness (QED) is 0.895. The number of carbonyl (C=O) groups excluding carboxylic acids is 1. The van der Waals surface area contributed by atoms with Gasteiger partial charge in [0.15, 0.2) is 0 Å². The van der Waals surface area contributed by atoms with Crippen LogP contribution in [0.3, 0.4) is 0 Å². The average molecular weight is 269 g/mol. The van der Waals surface area contributed by atoms with E-state index in [0.717, 1.165) is 16.8 Å². The highest BCUT2D eigenvalue weighted by atomic mass is 16.3. The third kappa shape index (κ3) is 3.45. The number of hydrogen-bond donors (Lipinski definition) is 2. The minimum absolute atomic E-state index is 0.146. The van der Waals surface area contributed by atoms with Crippen molar-refractivity contribution in [3.8, 4) is 11.1 Å². The van der Waals surface area contributed by atoms with Crippen LogP contribution in [0.2, 0.25) is 0 Å². The molecule has 1 atom stereocenters. The third-order valence-electron chi connectivity index (χ3n) is 3.26. The predicted octanol–water partition coefficient (Wildman–Crippen LogP) is 3.23. The average Bonchev–Trinajstić information content (AvgIpc) is 2.48. The molecule has 0 saturated heterocycles. The van der Waals surface area contributed by atoms with E-state index in [4.69, 9.17) is 5.11 Å². The molecule has 2 N–H and O–H groups in total. The van der Waals surface area contributed by atoms with Crippen LogP contribution in [-0.2, 0) is 4.79 Å². The minimum atomic E-state index is -0.397. The van der Waals surface area contributed by atoms with Gasteiger partial charge in [-0.1, -0.05) is 48.9 Å². The number of nitrogens with one attached hydrogen (secondary N) is 1. The molecule has 0 aliphatic carbocycles. The fourth-order valence-corrected chi connectivity index (χ4v) is 1.84. The number of aryl methyl sites for hydroxylation is 1. The predicted molar refractivity (Wildman–Crippen MR) is 81.5 cm³/mol. The Bertz CT molecular complexity index is 573. The standard InChI is InChI=1S/C17H19NO2/c1-12-3-5-14(6-4-12)15-7-9-16(10-8-15)18-17(20)13(2)11-19/h3-10,13,19H,11H2,1-2H3,(H,18,20)/t13-/m0/s1. The number of hydrogen-bond acceptors (Lipinski definition) is 2. The summed E-state index contributed by atoms with van der Waals surface area (Å²) in [5, 5.41) is 11.7. The van der Waals surface area contributed by atoms with Gasteiger partial charge in [-0.15, -0.1) is 0 Å². The molecule has 0 unspecified atom stereocenters. The first-order valence-corrected chi connectivity index (χ1v) is 6.69. The molecule has 2 aromatic carbocycles. The first-order valence-electron chi connectivity index (χ1n) is 6.69. The first kappa shape index (κ1) is 14.3. The Morgan fingerprint density at radius 3 is 2.05 bits per heavy atom. The number of aliphatic hydroxyl groups is 1. The lowest BCUT2D eigenvalue weighted by atomic mass is 10.0. The van der Waals surface area contributed by atoms with E-state index in [2.05, 4.69) is 36.5 Å². The second-order valence-corrected chi connectivity index (χ2v) is 5.02. The minimum Gasteiger partial charge on any atom is -0.396 e. The molecule has 0 aliphatic rings. The Hall–Kier alpha value is -2.13. The van der Waals surface area contributed by atoms with Gasteiger partial charge in [0.25, 0.3) is 0 Å². The molecule has 2 aromatic rings. The summed E-state index contributed by atoms with van der Waals surface area (Å²) in [4.78, 5) is 11.7. The van der Waals surface area contributed by atoms with Gasteiger partial charge in [0.2, 0.25) is 5.91 Å². The van der Waals surface area contributed by atoms with E-state index in [9.17, 15) is 4.79 Å². The highest BCUT2D eigenvalue weighted by molar-refractivity contribution is 5.92. The number of benzene rings is 2. The first-order chi connectivity index (χ1) is 9.60. The van der Waals surface area contributed by atoms with Gasteiger partial charge in [-0.25, -0.2) is 0 Å². The second-order valence-electron chi connectivity index (χ2n) is 5.02. The molecule has 104 valence electrons. The van der Waals surface area contributed by atoms with E-state index >= 15 is 0 Å². The molecule has 2 rings (SSSR count). The summed E-state index contributed by atoms with van der Waals surface area (Å²) in [6.07, 6.45) is 0. The van der Waals surface area contributed by atoms with E-state index in [1.54, 1.807) is 6.92 Å². The summed E-state index contributed by atoms with van der Waals surface area (Å²) in [7, 11) is 0. The fraction of sp³-hybridized carbons (Fsp3) is 0.235. The molecule has 0 aromatic heterocycles. The fourth-order valence-electron chi connectivity index (χ4n) is 1.84. The van der Waals surface area contributed by atoms with Gasteiger partial charge in [0.05, 0.1) is 12.5 Å². The van der Waals surface area contributed by atoms with E-state index in [1.165, 1.54) is 5.56 Å². The molecule has 0 bridgehead atoms. The second kappa shape index (κ2) is 6.35. The topological polar surface area (TPSA) is 49.3 Å². The molecule has 1 amide bonds. The van der Waals surface area contributed by atoms with Crippen LogP contribution in [0.1, 0.15) is 12.5 Å². The van der Waals surface area contributed by atoms with Crippen LogP contribution in [0.25, 0.3) is 11.1 Å². The van der Waals surface area contributed by atoms with Crippen molar-refractivity contribution in [2.45, 2.75) is 13.8 Å². The molecule has 0 heterocycles. The van der Waals surface area contributed by atoms with Crippen molar-refractivity contribution in [2.24, 2.45) is 5.92 Å². The van der Waals surface area contributed by atoms with Crippen LogP contribution < -0.4 is 5.32 Å². The molecular formula is C17H19NO2. The summed E-state index contributed by atoms with van der Waals surface area (Å²) in [6, 6.07) is 16.0. The zero-order valence-corrected chi connectivity index (χ0v) is 11.8. The van der Waals surface area contributed by atoms with Crippen molar-refractivity contribution in [1.82, 2.24) is 0 Å². The van der Waals surface area contributed by atoms with Gasteiger partial charge in [0, 0.05) is 5.69 Å². The molecule has 3 nitrogen and oxygen atoms in total. The van der Waals surface area contributed by atoms with Crippen molar-refractivity contribution in [2.75, 3.05) is 11.9 Å². The van der Waals surface area contributed by atoms with Crippen molar-refractivity contribution in [3.05, 3.63) is 54.1 Å². The smallest absolute Gasteiger partial charge is 0.229 e.